The highest BCUT2D eigenvalue weighted by Crippen LogP contribution is 2.15. The maximum absolute atomic E-state index is 13.0. The van der Waals surface area contributed by atoms with E-state index in [9.17, 15) is 26.4 Å². The Balaban J connectivity index is 1.76. The molecular weight excluding hydrogens is 518 g/mol. The molecule has 0 aliphatic carbocycles. The van der Waals surface area contributed by atoms with Crippen LogP contribution in [-0.2, 0) is 31.3 Å². The van der Waals surface area contributed by atoms with Crippen LogP contribution < -0.4 is 20.1 Å². The second-order valence-electron chi connectivity index (χ2n) is 7.87. The van der Waals surface area contributed by atoms with Crippen LogP contribution in [0.4, 0.5) is 10.5 Å². The van der Waals surface area contributed by atoms with Gasteiger partial charge in [0.25, 0.3) is 20.0 Å². The van der Waals surface area contributed by atoms with Gasteiger partial charge in [-0.25, -0.2) is 31.1 Å². The smallest absolute Gasteiger partial charge is 0.325 e. The van der Waals surface area contributed by atoms with Crippen LogP contribution >= 0.6 is 0 Å². The number of hydrogen-bond acceptors (Lipinski definition) is 7. The Morgan fingerprint density at radius 3 is 2.00 bits per heavy atom. The molecule has 4 N–H and O–H groups in total. The minimum Gasteiger partial charge on any atom is -0.325 e. The molecule has 0 aliphatic rings. The third-order valence-corrected chi connectivity index (χ3v) is 7.67. The molecular formula is C24H23N5O6S2. The van der Waals surface area contributed by atoms with E-state index in [1.165, 1.54) is 42.6 Å². The summed E-state index contributed by atoms with van der Waals surface area (Å²) in [4.78, 5) is 25.3. The standard InChI is InChI=1S/C24H23N5O6S2/c1-17-7-11-21(12-8-17)37(34,35)29-24(31)28-22(15-18-5-3-2-4-6-18)23(30)27-19-9-13-20(14-10-19)36(32,33)26-16-25/h2-14,22,26H,15H2,1H3,(H,27,30)(H2,28,29,31)/t22-/m1/s1. The largest absolute Gasteiger partial charge is 0.329 e. The Hall–Kier alpha value is -4.41. The first-order valence-corrected chi connectivity index (χ1v) is 13.7. The van der Waals surface area contributed by atoms with Crippen LogP contribution in [-0.4, -0.2) is 34.8 Å². The lowest BCUT2D eigenvalue weighted by molar-refractivity contribution is -0.117. The number of carbonyl (C=O) groups excluding carboxylic acids is 2. The highest BCUT2D eigenvalue weighted by molar-refractivity contribution is 7.90. The van der Waals surface area contributed by atoms with Gasteiger partial charge < -0.3 is 10.6 Å². The van der Waals surface area contributed by atoms with Gasteiger partial charge in [-0.1, -0.05) is 48.0 Å². The number of sulfonamides is 2. The topological polar surface area (TPSA) is 174 Å². The number of anilines is 1. The van der Waals surface area contributed by atoms with Crippen LogP contribution in [0.1, 0.15) is 11.1 Å². The lowest BCUT2D eigenvalue weighted by Gasteiger charge is -2.19. The zero-order chi connectivity index (χ0) is 27.1. The predicted molar refractivity (Wildman–Crippen MR) is 135 cm³/mol. The summed E-state index contributed by atoms with van der Waals surface area (Å²) in [7, 11) is -8.20. The van der Waals surface area contributed by atoms with Crippen molar-refractivity contribution in [3.8, 4) is 6.19 Å². The van der Waals surface area contributed by atoms with Crippen molar-refractivity contribution >= 4 is 37.7 Å². The van der Waals surface area contributed by atoms with E-state index in [4.69, 9.17) is 5.26 Å². The number of urea groups is 1. The van der Waals surface area contributed by atoms with Crippen LogP contribution in [0.15, 0.2) is 88.7 Å². The summed E-state index contributed by atoms with van der Waals surface area (Å²) in [6.07, 6.45) is 1.39. The molecule has 0 unspecified atom stereocenters. The number of nitrogens with zero attached hydrogens (tertiary/aromatic N) is 1. The Labute approximate surface area is 214 Å². The molecule has 3 aromatic rings. The molecule has 37 heavy (non-hydrogen) atoms. The van der Waals surface area contributed by atoms with Crippen molar-refractivity contribution < 1.29 is 26.4 Å². The number of aryl methyl sites for hydroxylation is 1. The summed E-state index contributed by atoms with van der Waals surface area (Å²) in [5.41, 5.74) is 1.76. The molecule has 0 spiro atoms. The number of amides is 3. The zero-order valence-corrected chi connectivity index (χ0v) is 21.1. The third kappa shape index (κ3) is 7.53. The normalized spacial score (nSPS) is 12.0. The number of benzene rings is 3. The SMILES string of the molecule is Cc1ccc(S(=O)(=O)NC(=O)N[C@H](Cc2ccccc2)C(=O)Nc2ccc(S(=O)(=O)NC#N)cc2)cc1. The molecule has 0 fully saturated rings. The van der Waals surface area contributed by atoms with Gasteiger partial charge in [0, 0.05) is 12.1 Å². The van der Waals surface area contributed by atoms with Gasteiger partial charge >= 0.3 is 6.03 Å². The van der Waals surface area contributed by atoms with Gasteiger partial charge in [-0.15, -0.1) is 0 Å². The molecule has 13 heteroatoms. The first-order chi connectivity index (χ1) is 17.5. The summed E-state index contributed by atoms with van der Waals surface area (Å²) in [5.74, 6) is -0.669. The number of nitriles is 1. The van der Waals surface area contributed by atoms with Crippen molar-refractivity contribution in [2.45, 2.75) is 29.2 Å². The second-order valence-corrected chi connectivity index (χ2v) is 11.2. The summed E-state index contributed by atoms with van der Waals surface area (Å²) in [5, 5.41) is 13.5. The highest BCUT2D eigenvalue weighted by atomic mass is 32.2. The van der Waals surface area contributed by atoms with Crippen molar-refractivity contribution in [1.29, 1.82) is 5.26 Å². The van der Waals surface area contributed by atoms with Crippen LogP contribution in [0.25, 0.3) is 0 Å². The van der Waals surface area contributed by atoms with Crippen molar-refractivity contribution in [1.82, 2.24) is 14.8 Å². The van der Waals surface area contributed by atoms with E-state index in [2.05, 4.69) is 10.6 Å². The fraction of sp³-hybridized carbons (Fsp3) is 0.125. The molecule has 0 saturated heterocycles. The monoisotopic (exact) mass is 541 g/mol. The van der Waals surface area contributed by atoms with Crippen LogP contribution in [0.5, 0.6) is 0 Å². The average Bonchev–Trinajstić information content (AvgIpc) is 2.84. The number of carbonyl (C=O) groups is 2. The maximum atomic E-state index is 13.0. The van der Waals surface area contributed by atoms with E-state index in [1.807, 2.05) is 4.72 Å². The lowest BCUT2D eigenvalue weighted by Crippen LogP contribution is -2.50. The average molecular weight is 542 g/mol. The highest BCUT2D eigenvalue weighted by Gasteiger charge is 2.25. The molecule has 0 heterocycles. The Morgan fingerprint density at radius 1 is 0.838 bits per heavy atom. The fourth-order valence-electron chi connectivity index (χ4n) is 3.21. The van der Waals surface area contributed by atoms with Gasteiger partial charge in [0.05, 0.1) is 9.79 Å². The molecule has 0 aromatic heterocycles. The molecule has 0 bridgehead atoms. The quantitative estimate of drug-likeness (QED) is 0.237. The van der Waals surface area contributed by atoms with Gasteiger partial charge in [0.2, 0.25) is 5.91 Å². The van der Waals surface area contributed by atoms with Gasteiger partial charge in [-0.2, -0.15) is 5.26 Å². The van der Waals surface area contributed by atoms with Gasteiger partial charge in [0.1, 0.15) is 6.04 Å². The van der Waals surface area contributed by atoms with E-state index in [0.29, 0.717) is 5.56 Å². The summed E-state index contributed by atoms with van der Waals surface area (Å²) < 4.78 is 52.5. The summed E-state index contributed by atoms with van der Waals surface area (Å²) >= 11 is 0. The van der Waals surface area contributed by atoms with E-state index in [1.54, 1.807) is 54.1 Å². The Kier molecular flexibility index (Phi) is 8.49. The fourth-order valence-corrected chi connectivity index (χ4v) is 4.86. The molecule has 0 radical (unpaired) electrons. The van der Waals surface area contributed by atoms with Crippen molar-refractivity contribution in [3.63, 3.8) is 0 Å². The molecule has 0 saturated carbocycles. The van der Waals surface area contributed by atoms with Crippen LogP contribution in [0, 0.1) is 18.4 Å². The van der Waals surface area contributed by atoms with Gasteiger partial charge in [-0.3, -0.25) is 4.79 Å². The van der Waals surface area contributed by atoms with E-state index in [-0.39, 0.29) is 21.9 Å². The Morgan fingerprint density at radius 2 is 1.41 bits per heavy atom. The molecule has 3 amide bonds. The van der Waals surface area contributed by atoms with E-state index >= 15 is 0 Å². The van der Waals surface area contributed by atoms with E-state index < -0.39 is 38.0 Å². The molecule has 3 rings (SSSR count). The third-order valence-electron chi connectivity index (χ3n) is 5.07. The lowest BCUT2D eigenvalue weighted by atomic mass is 10.1. The number of nitrogens with one attached hydrogen (secondary N) is 4. The molecule has 1 atom stereocenters. The zero-order valence-electron chi connectivity index (χ0n) is 19.5. The first-order valence-electron chi connectivity index (χ1n) is 10.8. The predicted octanol–water partition coefficient (Wildman–Crippen LogP) is 1.99. The summed E-state index contributed by atoms with van der Waals surface area (Å²) in [6, 6.07) is 17.4. The van der Waals surface area contributed by atoms with Crippen molar-refractivity contribution in [2.24, 2.45) is 0 Å². The van der Waals surface area contributed by atoms with Gasteiger partial charge in [-0.05, 0) is 48.9 Å². The molecule has 11 nitrogen and oxygen atoms in total. The minimum atomic E-state index is -4.18. The van der Waals surface area contributed by atoms with Gasteiger partial charge in [0.15, 0.2) is 6.19 Å². The van der Waals surface area contributed by atoms with E-state index in [0.717, 1.165) is 5.56 Å². The second kappa shape index (κ2) is 11.5. The van der Waals surface area contributed by atoms with Crippen molar-refractivity contribution in [2.75, 3.05) is 5.32 Å². The number of rotatable bonds is 9. The van der Waals surface area contributed by atoms with Crippen molar-refractivity contribution in [3.05, 3.63) is 90.0 Å². The summed E-state index contributed by atoms with van der Waals surface area (Å²) in [6.45, 7) is 1.79. The molecule has 192 valence electrons. The minimum absolute atomic E-state index is 0.0449. The first kappa shape index (κ1) is 27.2. The molecule has 3 aromatic carbocycles. The Bertz CT molecular complexity index is 1520. The molecule has 0 aliphatic heterocycles. The van der Waals surface area contributed by atoms with Crippen LogP contribution in [0.3, 0.4) is 0 Å². The maximum Gasteiger partial charge on any atom is 0.329 e. The number of hydrogen-bond donors (Lipinski definition) is 4. The van der Waals surface area contributed by atoms with Crippen LogP contribution in [0.2, 0.25) is 0 Å².